The number of carbonyl (C=O) groups is 1. The Morgan fingerprint density at radius 3 is 2.74 bits per heavy atom. The van der Waals surface area contributed by atoms with Crippen LogP contribution in [0.5, 0.6) is 0 Å². The lowest BCUT2D eigenvalue weighted by Gasteiger charge is -2.27. The molecule has 6 heteroatoms. The predicted molar refractivity (Wildman–Crippen MR) is 108 cm³/mol. The molecule has 1 amide bonds. The van der Waals surface area contributed by atoms with Crippen LogP contribution in [0, 0.1) is 6.92 Å². The molecule has 0 atom stereocenters. The van der Waals surface area contributed by atoms with E-state index in [1.165, 1.54) is 0 Å². The van der Waals surface area contributed by atoms with E-state index in [1.807, 2.05) is 54.3 Å². The van der Waals surface area contributed by atoms with Gasteiger partial charge < -0.3 is 15.0 Å². The fourth-order valence-corrected chi connectivity index (χ4v) is 3.58. The second kappa shape index (κ2) is 7.55. The number of amides is 1. The molecule has 138 valence electrons. The third-order valence-electron chi connectivity index (χ3n) is 4.74. The van der Waals surface area contributed by atoms with Gasteiger partial charge in [-0.1, -0.05) is 35.9 Å². The van der Waals surface area contributed by atoms with Gasteiger partial charge in [-0.3, -0.25) is 4.79 Å². The molecular formula is C21H20ClN3O2. The van der Waals surface area contributed by atoms with Gasteiger partial charge in [0.05, 0.1) is 18.8 Å². The molecule has 2 heterocycles. The predicted octanol–water partition coefficient (Wildman–Crippen LogP) is 4.41. The zero-order valence-corrected chi connectivity index (χ0v) is 15.8. The van der Waals surface area contributed by atoms with E-state index in [9.17, 15) is 4.79 Å². The molecule has 1 fully saturated rings. The molecule has 1 aliphatic rings. The zero-order chi connectivity index (χ0) is 18.8. The van der Waals surface area contributed by atoms with E-state index in [0.29, 0.717) is 42.7 Å². The molecule has 0 aliphatic carbocycles. The van der Waals surface area contributed by atoms with Crippen LogP contribution in [0.1, 0.15) is 15.9 Å². The largest absolute Gasteiger partial charge is 0.378 e. The maximum Gasteiger partial charge on any atom is 0.256 e. The second-order valence-corrected chi connectivity index (χ2v) is 6.99. The Kier molecular flexibility index (Phi) is 4.97. The highest BCUT2D eigenvalue weighted by atomic mass is 35.5. The molecule has 1 aliphatic heterocycles. The molecule has 0 unspecified atom stereocenters. The van der Waals surface area contributed by atoms with Crippen molar-refractivity contribution < 1.29 is 9.53 Å². The zero-order valence-electron chi connectivity index (χ0n) is 15.0. The van der Waals surface area contributed by atoms with E-state index in [1.54, 1.807) is 6.20 Å². The van der Waals surface area contributed by atoms with Gasteiger partial charge in [-0.05, 0) is 30.7 Å². The number of aromatic nitrogens is 1. The minimum absolute atomic E-state index is 0.000550. The Morgan fingerprint density at radius 2 is 1.96 bits per heavy atom. The lowest BCUT2D eigenvalue weighted by atomic mass is 10.0. The molecule has 0 spiro atoms. The number of pyridine rings is 1. The van der Waals surface area contributed by atoms with Gasteiger partial charge >= 0.3 is 0 Å². The summed E-state index contributed by atoms with van der Waals surface area (Å²) in [4.78, 5) is 19.5. The monoisotopic (exact) mass is 381 g/mol. The van der Waals surface area contributed by atoms with Crippen LogP contribution >= 0.6 is 11.6 Å². The van der Waals surface area contributed by atoms with Crippen LogP contribution in [0.3, 0.4) is 0 Å². The van der Waals surface area contributed by atoms with Gasteiger partial charge in [0.2, 0.25) is 0 Å². The maximum atomic E-state index is 13.1. The highest BCUT2D eigenvalue weighted by molar-refractivity contribution is 6.30. The molecule has 0 saturated carbocycles. The van der Waals surface area contributed by atoms with E-state index in [0.717, 1.165) is 22.0 Å². The number of hydrogen-bond donors (Lipinski definition) is 1. The van der Waals surface area contributed by atoms with Crippen LogP contribution in [-0.4, -0.2) is 42.1 Å². The highest BCUT2D eigenvalue weighted by Crippen LogP contribution is 2.30. The van der Waals surface area contributed by atoms with Crippen LogP contribution < -0.4 is 5.32 Å². The van der Waals surface area contributed by atoms with Gasteiger partial charge in [0.15, 0.2) is 0 Å². The second-order valence-electron chi connectivity index (χ2n) is 6.56. The van der Waals surface area contributed by atoms with E-state index in [2.05, 4.69) is 10.3 Å². The normalized spacial score (nSPS) is 14.4. The summed E-state index contributed by atoms with van der Waals surface area (Å²) < 4.78 is 5.36. The third-order valence-corrected chi connectivity index (χ3v) is 4.97. The number of aryl methyl sites for hydroxylation is 1. The Balaban J connectivity index is 1.77. The molecule has 0 bridgehead atoms. The summed E-state index contributed by atoms with van der Waals surface area (Å²) in [7, 11) is 0. The van der Waals surface area contributed by atoms with Gasteiger partial charge in [-0.15, -0.1) is 0 Å². The van der Waals surface area contributed by atoms with Crippen LogP contribution in [-0.2, 0) is 4.74 Å². The molecule has 1 N–H and O–H groups in total. The summed E-state index contributed by atoms with van der Waals surface area (Å²) in [6.07, 6.45) is 1.67. The van der Waals surface area contributed by atoms with Crippen molar-refractivity contribution in [1.82, 2.24) is 9.88 Å². The number of carbonyl (C=O) groups excluding carboxylic acids is 1. The van der Waals surface area contributed by atoms with E-state index in [4.69, 9.17) is 16.3 Å². The third kappa shape index (κ3) is 3.61. The fourth-order valence-electron chi connectivity index (χ4n) is 3.39. The summed E-state index contributed by atoms with van der Waals surface area (Å²) in [5.41, 5.74) is 2.52. The number of morpholine rings is 1. The molecule has 2 aromatic carbocycles. The lowest BCUT2D eigenvalue weighted by Crippen LogP contribution is -2.40. The minimum Gasteiger partial charge on any atom is -0.378 e. The maximum absolute atomic E-state index is 13.1. The number of benzene rings is 2. The highest BCUT2D eigenvalue weighted by Gasteiger charge is 2.22. The molecule has 27 heavy (non-hydrogen) atoms. The van der Waals surface area contributed by atoms with E-state index in [-0.39, 0.29) is 5.91 Å². The summed E-state index contributed by atoms with van der Waals surface area (Å²) in [6, 6.07) is 13.5. The molecule has 3 aromatic rings. The van der Waals surface area contributed by atoms with Crippen molar-refractivity contribution in [3.63, 3.8) is 0 Å². The van der Waals surface area contributed by atoms with Crippen LogP contribution in [0.15, 0.2) is 48.7 Å². The first-order chi connectivity index (χ1) is 13.1. The molecule has 1 aromatic heterocycles. The molecule has 0 radical (unpaired) electrons. The fraction of sp³-hybridized carbons (Fsp3) is 0.238. The first-order valence-electron chi connectivity index (χ1n) is 8.91. The van der Waals surface area contributed by atoms with Crippen molar-refractivity contribution in [3.05, 3.63) is 64.8 Å². The lowest BCUT2D eigenvalue weighted by molar-refractivity contribution is 0.0304. The molecular weight excluding hydrogens is 362 g/mol. The van der Waals surface area contributed by atoms with Crippen molar-refractivity contribution in [3.8, 4) is 0 Å². The van der Waals surface area contributed by atoms with Crippen molar-refractivity contribution in [2.75, 3.05) is 31.6 Å². The summed E-state index contributed by atoms with van der Waals surface area (Å²) in [5.74, 6) is 0.703. The van der Waals surface area contributed by atoms with Gasteiger partial charge in [0, 0.05) is 40.8 Å². The van der Waals surface area contributed by atoms with Crippen molar-refractivity contribution in [1.29, 1.82) is 0 Å². The Labute approximate surface area is 162 Å². The molecule has 4 rings (SSSR count). The van der Waals surface area contributed by atoms with Crippen molar-refractivity contribution >= 4 is 39.8 Å². The van der Waals surface area contributed by atoms with Crippen LogP contribution in [0.4, 0.5) is 11.5 Å². The van der Waals surface area contributed by atoms with Crippen LogP contribution in [0.25, 0.3) is 10.8 Å². The summed E-state index contributed by atoms with van der Waals surface area (Å²) in [6.45, 7) is 4.38. The first-order valence-corrected chi connectivity index (χ1v) is 9.29. The smallest absolute Gasteiger partial charge is 0.256 e. The number of ether oxygens (including phenoxy) is 1. The average molecular weight is 382 g/mol. The standard InChI is InChI=1S/C21H20ClN3O2/c1-14-4-2-7-17-19(14)18(21(26)25-8-10-27-11-9-25)13-23-20(17)24-16-6-3-5-15(22)12-16/h2-7,12-13H,8-11H2,1H3,(H,23,24). The average Bonchev–Trinajstić information content (AvgIpc) is 2.69. The number of hydrogen-bond acceptors (Lipinski definition) is 4. The Morgan fingerprint density at radius 1 is 1.19 bits per heavy atom. The SMILES string of the molecule is Cc1cccc2c(Nc3cccc(Cl)c3)ncc(C(=O)N3CCOCC3)c12. The number of nitrogens with zero attached hydrogens (tertiary/aromatic N) is 2. The minimum atomic E-state index is -0.000550. The van der Waals surface area contributed by atoms with E-state index < -0.39 is 0 Å². The van der Waals surface area contributed by atoms with Crippen molar-refractivity contribution in [2.24, 2.45) is 0 Å². The number of halogens is 1. The first kappa shape index (κ1) is 17.8. The molecule has 5 nitrogen and oxygen atoms in total. The number of anilines is 2. The number of nitrogens with one attached hydrogen (secondary N) is 1. The van der Waals surface area contributed by atoms with Gasteiger partial charge in [-0.2, -0.15) is 0 Å². The summed E-state index contributed by atoms with van der Waals surface area (Å²) in [5, 5.41) is 5.81. The van der Waals surface area contributed by atoms with Gasteiger partial charge in [0.1, 0.15) is 5.82 Å². The van der Waals surface area contributed by atoms with Gasteiger partial charge in [0.25, 0.3) is 5.91 Å². The Hall–Kier alpha value is -2.63. The Bertz CT molecular complexity index is 1000. The van der Waals surface area contributed by atoms with Gasteiger partial charge in [-0.25, -0.2) is 4.98 Å². The number of fused-ring (bicyclic) bond motifs is 1. The molecule has 1 saturated heterocycles. The topological polar surface area (TPSA) is 54.5 Å². The van der Waals surface area contributed by atoms with Crippen LogP contribution in [0.2, 0.25) is 5.02 Å². The number of rotatable bonds is 3. The quantitative estimate of drug-likeness (QED) is 0.730. The van der Waals surface area contributed by atoms with Crippen molar-refractivity contribution in [2.45, 2.75) is 6.92 Å². The summed E-state index contributed by atoms with van der Waals surface area (Å²) >= 11 is 6.09. The van der Waals surface area contributed by atoms with E-state index >= 15 is 0 Å².